The third-order valence-corrected chi connectivity index (χ3v) is 12.2. The van der Waals surface area contributed by atoms with E-state index in [0.717, 1.165) is 12.8 Å². The average Bonchev–Trinajstić information content (AvgIpc) is 3.29. The lowest BCUT2D eigenvalue weighted by molar-refractivity contribution is -0.149. The van der Waals surface area contributed by atoms with Gasteiger partial charge < -0.3 is 9.16 Å². The summed E-state index contributed by atoms with van der Waals surface area (Å²) in [5, 5.41) is 2.42. The summed E-state index contributed by atoms with van der Waals surface area (Å²) in [7, 11) is -1.19. The third kappa shape index (κ3) is 3.17. The number of rotatable bonds is 5. The van der Waals surface area contributed by atoms with Crippen molar-refractivity contribution in [1.29, 1.82) is 0 Å². The Morgan fingerprint density at radius 3 is 1.97 bits per heavy atom. The zero-order valence-corrected chi connectivity index (χ0v) is 19.1. The van der Waals surface area contributed by atoms with E-state index in [2.05, 4.69) is 88.4 Å². The molecule has 0 N–H and O–H groups in total. The van der Waals surface area contributed by atoms with Crippen LogP contribution in [0, 0.1) is 17.3 Å². The van der Waals surface area contributed by atoms with Crippen LogP contribution in [-0.2, 0) is 14.0 Å². The Bertz CT molecular complexity index is 834. The van der Waals surface area contributed by atoms with Gasteiger partial charge in [-0.05, 0) is 39.6 Å². The first-order valence-corrected chi connectivity index (χ1v) is 12.5. The molecule has 0 aromatic heterocycles. The Morgan fingerprint density at radius 1 is 1.00 bits per heavy atom. The molecule has 4 atom stereocenters. The highest BCUT2D eigenvalue weighted by Crippen LogP contribution is 2.67. The van der Waals surface area contributed by atoms with Gasteiger partial charge in [0, 0.05) is 0 Å². The van der Waals surface area contributed by atoms with Crippen LogP contribution in [-0.4, -0.2) is 27.5 Å². The highest BCUT2D eigenvalue weighted by atomic mass is 28.4. The number of hydrogen-bond acceptors (Lipinski definition) is 3. The first-order valence-electron chi connectivity index (χ1n) is 10.6. The SMILES string of the molecule is COC(=O)[C@@H]1CC2CC2(C)[C@@H]1O[Si](c1ccccc1)(c1ccccc1)C(C)(C)C. The van der Waals surface area contributed by atoms with E-state index in [0.29, 0.717) is 5.92 Å². The number of hydrogen-bond donors (Lipinski definition) is 0. The predicted molar refractivity (Wildman–Crippen MR) is 119 cm³/mol. The quantitative estimate of drug-likeness (QED) is 0.551. The van der Waals surface area contributed by atoms with Gasteiger partial charge in [0.25, 0.3) is 8.32 Å². The van der Waals surface area contributed by atoms with Gasteiger partial charge in [-0.2, -0.15) is 0 Å². The molecule has 2 aliphatic carbocycles. The van der Waals surface area contributed by atoms with Gasteiger partial charge in [0.2, 0.25) is 0 Å². The maximum atomic E-state index is 12.7. The number of carbonyl (C=O) groups is 1. The van der Waals surface area contributed by atoms with Crippen molar-refractivity contribution in [2.75, 3.05) is 7.11 Å². The van der Waals surface area contributed by atoms with E-state index < -0.39 is 8.32 Å². The zero-order chi connectivity index (χ0) is 20.9. The van der Waals surface area contributed by atoms with Crippen molar-refractivity contribution in [2.24, 2.45) is 17.3 Å². The number of benzene rings is 2. The number of fused-ring (bicyclic) bond motifs is 1. The molecule has 2 aliphatic rings. The Labute approximate surface area is 175 Å². The van der Waals surface area contributed by atoms with Gasteiger partial charge >= 0.3 is 5.97 Å². The average molecular weight is 409 g/mol. The number of ether oxygens (including phenoxy) is 1. The lowest BCUT2D eigenvalue weighted by atomic mass is 9.95. The summed E-state index contributed by atoms with van der Waals surface area (Å²) in [6.45, 7) is 9.15. The summed E-state index contributed by atoms with van der Waals surface area (Å²) in [5.74, 6) is 0.265. The minimum Gasteiger partial charge on any atom is -0.469 e. The summed E-state index contributed by atoms with van der Waals surface area (Å²) < 4.78 is 12.6. The molecule has 2 aromatic rings. The summed E-state index contributed by atoms with van der Waals surface area (Å²) in [6, 6.07) is 21.3. The van der Waals surface area contributed by atoms with Crippen molar-refractivity contribution in [3.05, 3.63) is 60.7 Å². The van der Waals surface area contributed by atoms with E-state index in [1.165, 1.54) is 17.5 Å². The van der Waals surface area contributed by atoms with Gasteiger partial charge in [0.1, 0.15) is 0 Å². The second-order valence-corrected chi connectivity index (χ2v) is 14.2. The first kappa shape index (κ1) is 20.4. The van der Waals surface area contributed by atoms with Gasteiger partial charge in [-0.3, -0.25) is 4.79 Å². The van der Waals surface area contributed by atoms with Crippen LogP contribution in [0.1, 0.15) is 40.5 Å². The molecule has 0 spiro atoms. The topological polar surface area (TPSA) is 35.5 Å². The second-order valence-electron chi connectivity index (χ2n) is 9.97. The van der Waals surface area contributed by atoms with Crippen LogP contribution < -0.4 is 10.4 Å². The Balaban J connectivity index is 1.88. The molecule has 4 rings (SSSR count). The summed E-state index contributed by atoms with van der Waals surface area (Å²) >= 11 is 0. The maximum absolute atomic E-state index is 12.7. The Hall–Kier alpha value is -1.91. The number of methoxy groups -OCH3 is 1. The molecule has 0 aliphatic heterocycles. The van der Waals surface area contributed by atoms with Gasteiger partial charge in [0.15, 0.2) is 0 Å². The fourth-order valence-electron chi connectivity index (χ4n) is 5.53. The van der Waals surface area contributed by atoms with E-state index in [4.69, 9.17) is 9.16 Å². The molecule has 2 fully saturated rings. The maximum Gasteiger partial charge on any atom is 0.311 e. The molecular formula is C25H32O3Si. The van der Waals surface area contributed by atoms with Crippen LogP contribution in [0.25, 0.3) is 0 Å². The minimum atomic E-state index is -2.68. The normalized spacial score (nSPS) is 28.7. The van der Waals surface area contributed by atoms with Crippen molar-refractivity contribution in [3.8, 4) is 0 Å². The van der Waals surface area contributed by atoms with E-state index in [1.54, 1.807) is 0 Å². The molecule has 2 unspecified atom stereocenters. The lowest BCUT2D eigenvalue weighted by Gasteiger charge is -2.46. The van der Waals surface area contributed by atoms with Crippen LogP contribution in [0.2, 0.25) is 5.04 Å². The molecular weight excluding hydrogens is 376 g/mol. The standard InChI is InChI=1S/C25H32O3Si/c1-24(2,3)29(19-12-8-6-9-13-19,20-14-10-7-11-15-20)28-22-21(23(26)27-5)16-18-17-25(18,22)4/h6-15,18,21-22H,16-17H2,1-5H3/t18?,21-,22-,25?/m1/s1. The monoisotopic (exact) mass is 408 g/mol. The largest absolute Gasteiger partial charge is 0.469 e. The van der Waals surface area contributed by atoms with Crippen molar-refractivity contribution in [2.45, 2.75) is 51.7 Å². The molecule has 0 amide bonds. The molecule has 2 aromatic carbocycles. The van der Waals surface area contributed by atoms with E-state index in [1.807, 2.05) is 0 Å². The van der Waals surface area contributed by atoms with Crippen LogP contribution in [0.15, 0.2) is 60.7 Å². The third-order valence-electron chi connectivity index (χ3n) is 7.24. The smallest absolute Gasteiger partial charge is 0.311 e. The summed E-state index contributed by atoms with van der Waals surface area (Å²) in [5.41, 5.74) is 0.0753. The van der Waals surface area contributed by atoms with Crippen molar-refractivity contribution in [1.82, 2.24) is 0 Å². The first-order chi connectivity index (χ1) is 13.7. The highest BCUT2D eigenvalue weighted by Gasteiger charge is 2.68. The van der Waals surface area contributed by atoms with Gasteiger partial charge in [-0.25, -0.2) is 0 Å². The van der Waals surface area contributed by atoms with Crippen molar-refractivity contribution < 1.29 is 14.0 Å². The number of carbonyl (C=O) groups excluding carboxylic acids is 1. The van der Waals surface area contributed by atoms with Gasteiger partial charge in [-0.15, -0.1) is 0 Å². The zero-order valence-electron chi connectivity index (χ0n) is 18.1. The van der Waals surface area contributed by atoms with E-state index >= 15 is 0 Å². The van der Waals surface area contributed by atoms with Gasteiger partial charge in [-0.1, -0.05) is 88.4 Å². The van der Waals surface area contributed by atoms with Crippen LogP contribution in [0.5, 0.6) is 0 Å². The Kier molecular flexibility index (Phi) is 4.99. The van der Waals surface area contributed by atoms with E-state index in [-0.39, 0.29) is 28.4 Å². The molecule has 0 bridgehead atoms. The van der Waals surface area contributed by atoms with Crippen molar-refractivity contribution >= 4 is 24.7 Å². The van der Waals surface area contributed by atoms with Crippen molar-refractivity contribution in [3.63, 3.8) is 0 Å². The fraction of sp³-hybridized carbons (Fsp3) is 0.480. The van der Waals surface area contributed by atoms with Crippen LogP contribution in [0.4, 0.5) is 0 Å². The van der Waals surface area contributed by atoms with Crippen LogP contribution in [0.3, 0.4) is 0 Å². The second kappa shape index (κ2) is 7.10. The molecule has 29 heavy (non-hydrogen) atoms. The molecule has 0 heterocycles. The molecule has 4 heteroatoms. The fourth-order valence-corrected chi connectivity index (χ4v) is 10.4. The highest BCUT2D eigenvalue weighted by molar-refractivity contribution is 6.99. The molecule has 154 valence electrons. The summed E-state index contributed by atoms with van der Waals surface area (Å²) in [4.78, 5) is 12.7. The molecule has 2 saturated carbocycles. The number of esters is 1. The van der Waals surface area contributed by atoms with Crippen LogP contribution >= 0.6 is 0 Å². The minimum absolute atomic E-state index is 0.0753. The van der Waals surface area contributed by atoms with Gasteiger partial charge in [0.05, 0.1) is 19.1 Å². The molecule has 3 nitrogen and oxygen atoms in total. The summed E-state index contributed by atoms with van der Waals surface area (Å²) in [6.07, 6.45) is 1.92. The lowest BCUT2D eigenvalue weighted by Crippen LogP contribution is -2.68. The predicted octanol–water partition coefficient (Wildman–Crippen LogP) is 4.15. The molecule has 0 saturated heterocycles. The molecule has 0 radical (unpaired) electrons. The van der Waals surface area contributed by atoms with E-state index in [9.17, 15) is 4.79 Å². The Morgan fingerprint density at radius 2 is 1.52 bits per heavy atom.